The van der Waals surface area contributed by atoms with E-state index in [4.69, 9.17) is 4.74 Å². The number of hydrogen-bond donors (Lipinski definition) is 1. The molecule has 18 heavy (non-hydrogen) atoms. The summed E-state index contributed by atoms with van der Waals surface area (Å²) < 4.78 is 5.28. The maximum atomic E-state index is 11.6. The number of ether oxygens (including phenoxy) is 1. The number of amides is 1. The largest absolute Gasteiger partial charge is 0.444 e. The highest BCUT2D eigenvalue weighted by Crippen LogP contribution is 2.28. The smallest absolute Gasteiger partial charge is 0.407 e. The third-order valence-electron chi connectivity index (χ3n) is 3.53. The average molecular weight is 255 g/mol. The van der Waals surface area contributed by atoms with Gasteiger partial charge in [-0.15, -0.1) is 0 Å². The molecule has 3 nitrogen and oxygen atoms in total. The van der Waals surface area contributed by atoms with Crippen molar-refractivity contribution < 1.29 is 9.53 Å². The molecule has 0 unspecified atom stereocenters. The molecule has 0 radical (unpaired) electrons. The predicted molar refractivity (Wildman–Crippen MR) is 74.6 cm³/mol. The van der Waals surface area contributed by atoms with E-state index in [1.54, 1.807) is 0 Å². The third-order valence-corrected chi connectivity index (χ3v) is 3.53. The molecule has 0 heterocycles. The Kier molecular flexibility index (Phi) is 5.97. The lowest BCUT2D eigenvalue weighted by atomic mass is 9.83. The first-order valence-corrected chi connectivity index (χ1v) is 7.40. The van der Waals surface area contributed by atoms with Gasteiger partial charge in [0.1, 0.15) is 5.60 Å². The first-order chi connectivity index (χ1) is 8.40. The van der Waals surface area contributed by atoms with Gasteiger partial charge in [0.15, 0.2) is 0 Å². The summed E-state index contributed by atoms with van der Waals surface area (Å²) in [5.74, 6) is 0.877. The summed E-state index contributed by atoms with van der Waals surface area (Å²) in [4.78, 5) is 11.6. The van der Waals surface area contributed by atoms with Gasteiger partial charge in [0.25, 0.3) is 0 Å². The fraction of sp³-hybridized carbons (Fsp3) is 0.933. The second-order valence-corrected chi connectivity index (χ2v) is 6.51. The number of alkyl carbamates (subject to hydrolysis) is 1. The number of unbranched alkanes of at least 4 members (excludes halogenated alkanes) is 1. The van der Waals surface area contributed by atoms with E-state index in [0.29, 0.717) is 6.04 Å². The molecule has 0 aromatic rings. The molecule has 0 atom stereocenters. The van der Waals surface area contributed by atoms with E-state index in [0.717, 1.165) is 18.8 Å². The highest BCUT2D eigenvalue weighted by molar-refractivity contribution is 5.68. The standard InChI is InChI=1S/C15H29NO2/c1-5-6-7-12-8-10-13(11-9-12)16-14(17)18-15(2,3)4/h12-13H,5-11H2,1-4H3,(H,16,17)/t12-,13-. The Morgan fingerprint density at radius 3 is 2.33 bits per heavy atom. The number of hydrogen-bond acceptors (Lipinski definition) is 2. The zero-order valence-electron chi connectivity index (χ0n) is 12.4. The Balaban J connectivity index is 2.21. The number of carbonyl (C=O) groups is 1. The molecule has 0 spiro atoms. The summed E-state index contributed by atoms with van der Waals surface area (Å²) in [6, 6.07) is 0.317. The Morgan fingerprint density at radius 2 is 1.83 bits per heavy atom. The van der Waals surface area contributed by atoms with Crippen molar-refractivity contribution in [2.45, 2.75) is 84.3 Å². The first-order valence-electron chi connectivity index (χ1n) is 7.40. The van der Waals surface area contributed by atoms with Crippen molar-refractivity contribution in [1.29, 1.82) is 0 Å². The molecule has 1 N–H and O–H groups in total. The van der Waals surface area contributed by atoms with Crippen molar-refractivity contribution in [1.82, 2.24) is 5.32 Å². The second kappa shape index (κ2) is 7.01. The van der Waals surface area contributed by atoms with Crippen molar-refractivity contribution in [2.24, 2.45) is 5.92 Å². The molecular formula is C15H29NO2. The summed E-state index contributed by atoms with van der Waals surface area (Å²) >= 11 is 0. The van der Waals surface area contributed by atoms with Crippen LogP contribution in [0.5, 0.6) is 0 Å². The molecule has 1 amide bonds. The van der Waals surface area contributed by atoms with Crippen molar-refractivity contribution in [3.63, 3.8) is 0 Å². The number of carbonyl (C=O) groups excluding carboxylic acids is 1. The average Bonchev–Trinajstić information content (AvgIpc) is 2.25. The summed E-state index contributed by atoms with van der Waals surface area (Å²) in [6.45, 7) is 7.94. The molecule has 0 aliphatic heterocycles. The van der Waals surface area contributed by atoms with Gasteiger partial charge in [0, 0.05) is 6.04 Å². The molecule has 0 saturated heterocycles. The molecule has 0 aromatic carbocycles. The molecule has 106 valence electrons. The van der Waals surface area contributed by atoms with Crippen LogP contribution in [0.1, 0.15) is 72.6 Å². The zero-order chi connectivity index (χ0) is 13.6. The zero-order valence-corrected chi connectivity index (χ0v) is 12.4. The van der Waals surface area contributed by atoms with Crippen LogP contribution in [0.25, 0.3) is 0 Å². The lowest BCUT2D eigenvalue weighted by Crippen LogP contribution is -2.40. The van der Waals surface area contributed by atoms with Gasteiger partial charge in [-0.2, -0.15) is 0 Å². The first kappa shape index (κ1) is 15.3. The van der Waals surface area contributed by atoms with Gasteiger partial charge in [-0.1, -0.05) is 26.2 Å². The summed E-state index contributed by atoms with van der Waals surface area (Å²) in [6.07, 6.45) is 8.43. The third kappa shape index (κ3) is 6.27. The van der Waals surface area contributed by atoms with Crippen molar-refractivity contribution in [3.8, 4) is 0 Å². The molecule has 1 fully saturated rings. The van der Waals surface area contributed by atoms with Crippen LogP contribution in [0.4, 0.5) is 4.79 Å². The Labute approximate surface area is 112 Å². The predicted octanol–water partition coefficient (Wildman–Crippen LogP) is 4.26. The molecule has 1 rings (SSSR count). The van der Waals surface area contributed by atoms with Crippen LogP contribution in [-0.2, 0) is 4.74 Å². The van der Waals surface area contributed by atoms with Crippen molar-refractivity contribution >= 4 is 6.09 Å². The topological polar surface area (TPSA) is 38.3 Å². The van der Waals surface area contributed by atoms with Crippen LogP contribution in [0.2, 0.25) is 0 Å². The lowest BCUT2D eigenvalue weighted by molar-refractivity contribution is 0.0486. The summed E-state index contributed by atoms with van der Waals surface area (Å²) in [5, 5.41) is 2.99. The van der Waals surface area contributed by atoms with Gasteiger partial charge >= 0.3 is 6.09 Å². The minimum absolute atomic E-state index is 0.264. The maximum Gasteiger partial charge on any atom is 0.407 e. The van der Waals surface area contributed by atoms with Crippen LogP contribution in [-0.4, -0.2) is 17.7 Å². The molecule has 1 aliphatic rings. The van der Waals surface area contributed by atoms with Crippen LogP contribution in [0, 0.1) is 5.92 Å². The summed E-state index contributed by atoms with van der Waals surface area (Å²) in [7, 11) is 0. The molecule has 1 aliphatic carbocycles. The van der Waals surface area contributed by atoms with E-state index in [9.17, 15) is 4.79 Å². The SMILES string of the molecule is CCCC[C@H]1CC[C@H](NC(=O)OC(C)(C)C)CC1. The maximum absolute atomic E-state index is 11.6. The normalized spacial score (nSPS) is 24.7. The lowest BCUT2D eigenvalue weighted by Gasteiger charge is -2.30. The van der Waals surface area contributed by atoms with Gasteiger partial charge in [-0.3, -0.25) is 0 Å². The van der Waals surface area contributed by atoms with Crippen molar-refractivity contribution in [3.05, 3.63) is 0 Å². The Bertz CT molecular complexity index is 250. The Hall–Kier alpha value is -0.730. The van der Waals surface area contributed by atoms with E-state index >= 15 is 0 Å². The summed E-state index contributed by atoms with van der Waals surface area (Å²) in [5.41, 5.74) is -0.400. The van der Waals surface area contributed by atoms with Gasteiger partial charge in [0.2, 0.25) is 0 Å². The van der Waals surface area contributed by atoms with Crippen molar-refractivity contribution in [2.75, 3.05) is 0 Å². The number of nitrogens with one attached hydrogen (secondary N) is 1. The quantitative estimate of drug-likeness (QED) is 0.815. The molecular weight excluding hydrogens is 226 g/mol. The van der Waals surface area contributed by atoms with Gasteiger partial charge in [0.05, 0.1) is 0 Å². The second-order valence-electron chi connectivity index (χ2n) is 6.51. The van der Waals surface area contributed by atoms with E-state index in [2.05, 4.69) is 12.2 Å². The highest BCUT2D eigenvalue weighted by atomic mass is 16.6. The van der Waals surface area contributed by atoms with Gasteiger partial charge in [-0.25, -0.2) is 4.79 Å². The molecule has 0 aromatic heterocycles. The van der Waals surface area contributed by atoms with Crippen LogP contribution < -0.4 is 5.32 Å². The monoisotopic (exact) mass is 255 g/mol. The minimum atomic E-state index is -0.400. The fourth-order valence-electron chi connectivity index (χ4n) is 2.56. The highest BCUT2D eigenvalue weighted by Gasteiger charge is 2.24. The van der Waals surface area contributed by atoms with E-state index in [1.807, 2.05) is 20.8 Å². The number of rotatable bonds is 4. The van der Waals surface area contributed by atoms with E-state index < -0.39 is 5.60 Å². The van der Waals surface area contributed by atoms with Gasteiger partial charge in [-0.05, 0) is 52.4 Å². The van der Waals surface area contributed by atoms with Crippen LogP contribution >= 0.6 is 0 Å². The Morgan fingerprint density at radius 1 is 1.22 bits per heavy atom. The van der Waals surface area contributed by atoms with Crippen LogP contribution in [0.15, 0.2) is 0 Å². The van der Waals surface area contributed by atoms with E-state index in [-0.39, 0.29) is 6.09 Å². The molecule has 0 bridgehead atoms. The van der Waals surface area contributed by atoms with Crippen LogP contribution in [0.3, 0.4) is 0 Å². The molecule has 3 heteroatoms. The van der Waals surface area contributed by atoms with Gasteiger partial charge < -0.3 is 10.1 Å². The molecule has 1 saturated carbocycles. The fourth-order valence-corrected chi connectivity index (χ4v) is 2.56. The van der Waals surface area contributed by atoms with E-state index in [1.165, 1.54) is 32.1 Å². The minimum Gasteiger partial charge on any atom is -0.444 e.